The maximum absolute atomic E-state index is 11.3. The predicted octanol–water partition coefficient (Wildman–Crippen LogP) is 0.481. The average Bonchev–Trinajstić information content (AvgIpc) is 3.17. The van der Waals surface area contributed by atoms with Gasteiger partial charge in [-0.1, -0.05) is 26.0 Å². The fourth-order valence-corrected chi connectivity index (χ4v) is 3.46. The van der Waals surface area contributed by atoms with Crippen LogP contribution in [-0.4, -0.2) is 81.1 Å². The highest BCUT2D eigenvalue weighted by molar-refractivity contribution is 5.84. The van der Waals surface area contributed by atoms with Gasteiger partial charge in [0, 0.05) is 23.4 Å². The third kappa shape index (κ3) is 5.19. The highest BCUT2D eigenvalue weighted by Crippen LogP contribution is 2.31. The summed E-state index contributed by atoms with van der Waals surface area (Å²) in [6.45, 7) is 3.41. The van der Waals surface area contributed by atoms with Crippen LogP contribution in [0.25, 0.3) is 0 Å². The monoisotopic (exact) mass is 451 g/mol. The molecule has 1 aliphatic heterocycles. The normalized spacial score (nSPS) is 25.6. The van der Waals surface area contributed by atoms with E-state index in [0.29, 0.717) is 12.1 Å². The summed E-state index contributed by atoms with van der Waals surface area (Å²) < 4.78 is 15.8. The maximum atomic E-state index is 11.3. The molecule has 0 bridgehead atoms. The molecule has 0 aliphatic carbocycles. The number of carbonyl (C=O) groups excluding carboxylic acids is 1. The van der Waals surface area contributed by atoms with Gasteiger partial charge in [-0.15, -0.1) is 5.10 Å². The fraction of sp³-hybridized carbons (Fsp3) is 0.524. The Hall–Kier alpha value is -2.70. The number of H-pyrrole nitrogens is 1. The van der Waals surface area contributed by atoms with Crippen molar-refractivity contribution in [2.45, 2.75) is 56.9 Å². The second kappa shape index (κ2) is 10.3. The van der Waals surface area contributed by atoms with Crippen LogP contribution in [0.2, 0.25) is 0 Å². The number of amides is 1. The number of carbonyl (C=O) groups is 1. The molecular weight excluding hydrogens is 422 g/mol. The number of methoxy groups -OCH3 is 1. The number of nitrogens with zero attached hydrogens (tertiary/aromatic N) is 1. The molecule has 0 unspecified atom stereocenters. The zero-order valence-electron chi connectivity index (χ0n) is 18.1. The van der Waals surface area contributed by atoms with E-state index < -0.39 is 43.4 Å². The predicted molar refractivity (Wildman–Crippen MR) is 112 cm³/mol. The summed E-state index contributed by atoms with van der Waals surface area (Å²) in [5.41, 5.74) is 3.03. The van der Waals surface area contributed by atoms with Gasteiger partial charge in [0.25, 0.3) is 0 Å². The third-order valence-electron chi connectivity index (χ3n) is 5.28. The number of anilines is 1. The van der Waals surface area contributed by atoms with Crippen molar-refractivity contribution in [2.75, 3.05) is 19.0 Å². The molecule has 6 N–H and O–H groups in total. The molecule has 0 spiro atoms. The Morgan fingerprint density at radius 2 is 1.88 bits per heavy atom. The standard InChI is InChI=1S/C21H29N3O8/c1-10(2)15-13(8-11-4-6-12(7-5-11)22-21(29)30-3)19(24-23-15)32-20-18(28)17(27)16(26)14(9-25)31-20/h4-7,10,14,16-18,20,25-28H,8-9H2,1-3H3,(H,22,29)(H,23,24)/t14-,16-,17+,18-,20+/m1/s1. The summed E-state index contributed by atoms with van der Waals surface area (Å²) in [7, 11) is 1.28. The van der Waals surface area contributed by atoms with Gasteiger partial charge in [-0.25, -0.2) is 4.79 Å². The molecule has 176 valence electrons. The van der Waals surface area contributed by atoms with Gasteiger partial charge in [0.05, 0.1) is 13.7 Å². The molecule has 1 aromatic heterocycles. The van der Waals surface area contributed by atoms with Crippen molar-refractivity contribution in [2.24, 2.45) is 0 Å². The lowest BCUT2D eigenvalue weighted by atomic mass is 9.98. The molecule has 2 aromatic rings. The van der Waals surface area contributed by atoms with Crippen molar-refractivity contribution in [1.29, 1.82) is 0 Å². The highest BCUT2D eigenvalue weighted by atomic mass is 16.7. The topological polar surface area (TPSA) is 166 Å². The SMILES string of the molecule is COC(=O)Nc1ccc(Cc2c(O[C@@H]3O[C@H](CO)[C@@H](O)[C@H](O)[C@H]3O)n[nH]c2C(C)C)cc1. The Labute approximate surface area is 184 Å². The summed E-state index contributed by atoms with van der Waals surface area (Å²) in [5.74, 6) is 0.264. The lowest BCUT2D eigenvalue weighted by Gasteiger charge is -2.39. The van der Waals surface area contributed by atoms with Gasteiger partial charge in [0.15, 0.2) is 0 Å². The molecule has 1 aliphatic rings. The van der Waals surface area contributed by atoms with E-state index in [1.54, 1.807) is 12.1 Å². The lowest BCUT2D eigenvalue weighted by Crippen LogP contribution is -2.60. The Morgan fingerprint density at radius 1 is 1.19 bits per heavy atom. The Bertz CT molecular complexity index is 899. The van der Waals surface area contributed by atoms with E-state index >= 15 is 0 Å². The van der Waals surface area contributed by atoms with Crippen molar-refractivity contribution in [3.05, 3.63) is 41.1 Å². The molecule has 1 saturated heterocycles. The van der Waals surface area contributed by atoms with Gasteiger partial charge < -0.3 is 34.6 Å². The summed E-state index contributed by atoms with van der Waals surface area (Å²) in [5, 5.41) is 49.4. The average molecular weight is 451 g/mol. The fourth-order valence-electron chi connectivity index (χ4n) is 3.46. The van der Waals surface area contributed by atoms with E-state index in [2.05, 4.69) is 20.3 Å². The first-order valence-corrected chi connectivity index (χ1v) is 10.2. The Kier molecular flexibility index (Phi) is 7.69. The largest absolute Gasteiger partial charge is 0.453 e. The minimum atomic E-state index is -1.55. The van der Waals surface area contributed by atoms with Crippen LogP contribution in [0.3, 0.4) is 0 Å². The van der Waals surface area contributed by atoms with E-state index in [9.17, 15) is 25.2 Å². The van der Waals surface area contributed by atoms with Gasteiger partial charge in [0.1, 0.15) is 24.4 Å². The first-order valence-electron chi connectivity index (χ1n) is 10.2. The van der Waals surface area contributed by atoms with Crippen LogP contribution < -0.4 is 10.1 Å². The highest BCUT2D eigenvalue weighted by Gasteiger charge is 2.45. The first-order chi connectivity index (χ1) is 15.2. The molecule has 5 atom stereocenters. The molecule has 3 rings (SSSR count). The van der Waals surface area contributed by atoms with Gasteiger partial charge in [0.2, 0.25) is 12.2 Å². The molecule has 1 amide bonds. The number of nitrogens with one attached hydrogen (secondary N) is 2. The van der Waals surface area contributed by atoms with Crippen molar-refractivity contribution >= 4 is 11.8 Å². The van der Waals surface area contributed by atoms with Gasteiger partial charge in [-0.2, -0.15) is 0 Å². The number of aromatic nitrogens is 2. The summed E-state index contributed by atoms with van der Waals surface area (Å²) in [6.07, 6.45) is -7.12. The van der Waals surface area contributed by atoms with Crippen LogP contribution in [0.15, 0.2) is 24.3 Å². The molecule has 0 radical (unpaired) electrons. The second-order valence-electron chi connectivity index (χ2n) is 7.88. The van der Waals surface area contributed by atoms with Gasteiger partial charge in [-0.05, 0) is 23.6 Å². The number of rotatable bonds is 7. The number of hydrogen-bond donors (Lipinski definition) is 6. The first kappa shape index (κ1) is 24.0. The number of aliphatic hydroxyl groups excluding tert-OH is 4. The molecular formula is C21H29N3O8. The van der Waals surface area contributed by atoms with E-state index in [1.807, 2.05) is 26.0 Å². The van der Waals surface area contributed by atoms with Crippen LogP contribution in [-0.2, 0) is 15.9 Å². The molecule has 11 nitrogen and oxygen atoms in total. The number of aliphatic hydroxyl groups is 4. The van der Waals surface area contributed by atoms with Crippen molar-refractivity contribution < 1.29 is 39.4 Å². The van der Waals surface area contributed by atoms with Crippen LogP contribution in [0, 0.1) is 0 Å². The smallest absolute Gasteiger partial charge is 0.411 e. The Balaban J connectivity index is 1.81. The van der Waals surface area contributed by atoms with Crippen LogP contribution >= 0.6 is 0 Å². The van der Waals surface area contributed by atoms with Gasteiger partial charge in [-0.3, -0.25) is 10.4 Å². The molecule has 2 heterocycles. The summed E-state index contributed by atoms with van der Waals surface area (Å²) in [6, 6.07) is 7.14. The molecule has 1 aromatic carbocycles. The van der Waals surface area contributed by atoms with E-state index in [-0.39, 0.29) is 11.8 Å². The minimum Gasteiger partial charge on any atom is -0.453 e. The lowest BCUT2D eigenvalue weighted by molar-refractivity contribution is -0.278. The molecule has 11 heteroatoms. The Morgan fingerprint density at radius 3 is 2.47 bits per heavy atom. The molecule has 1 fully saturated rings. The number of hydrogen-bond acceptors (Lipinski definition) is 9. The number of ether oxygens (including phenoxy) is 3. The quantitative estimate of drug-likeness (QED) is 0.351. The maximum Gasteiger partial charge on any atom is 0.411 e. The zero-order chi connectivity index (χ0) is 23.4. The van der Waals surface area contributed by atoms with Crippen molar-refractivity contribution in [3.63, 3.8) is 0 Å². The van der Waals surface area contributed by atoms with E-state index in [0.717, 1.165) is 16.8 Å². The minimum absolute atomic E-state index is 0.0879. The molecule has 32 heavy (non-hydrogen) atoms. The molecule has 0 saturated carbocycles. The second-order valence-corrected chi connectivity index (χ2v) is 7.88. The van der Waals surface area contributed by atoms with Crippen molar-refractivity contribution in [1.82, 2.24) is 10.2 Å². The van der Waals surface area contributed by atoms with Crippen LogP contribution in [0.5, 0.6) is 5.88 Å². The van der Waals surface area contributed by atoms with E-state index in [4.69, 9.17) is 9.47 Å². The van der Waals surface area contributed by atoms with E-state index in [1.165, 1.54) is 7.11 Å². The summed E-state index contributed by atoms with van der Waals surface area (Å²) >= 11 is 0. The van der Waals surface area contributed by atoms with Crippen LogP contribution in [0.4, 0.5) is 10.5 Å². The number of benzene rings is 1. The van der Waals surface area contributed by atoms with Crippen molar-refractivity contribution in [3.8, 4) is 5.88 Å². The third-order valence-corrected chi connectivity index (χ3v) is 5.28. The van der Waals surface area contributed by atoms with Gasteiger partial charge >= 0.3 is 6.09 Å². The summed E-state index contributed by atoms with van der Waals surface area (Å²) in [4.78, 5) is 11.3. The van der Waals surface area contributed by atoms with Crippen LogP contribution in [0.1, 0.15) is 36.6 Å². The number of aromatic amines is 1. The zero-order valence-corrected chi connectivity index (χ0v) is 18.1.